The third-order valence-electron chi connectivity index (χ3n) is 4.57. The summed E-state index contributed by atoms with van der Waals surface area (Å²) in [7, 11) is -3.76. The lowest BCUT2D eigenvalue weighted by Gasteiger charge is -2.17. The Kier molecular flexibility index (Phi) is 6.08. The van der Waals surface area contributed by atoms with Gasteiger partial charge in [-0.15, -0.1) is 0 Å². The number of rotatable bonds is 6. The predicted molar refractivity (Wildman–Crippen MR) is 96.0 cm³/mol. The molecule has 0 N–H and O–H groups in total. The summed E-state index contributed by atoms with van der Waals surface area (Å²) in [5.41, 5.74) is -0.386. The van der Waals surface area contributed by atoms with Gasteiger partial charge in [-0.3, -0.25) is 0 Å². The number of alkyl halides is 3. The zero-order valence-corrected chi connectivity index (χ0v) is 16.3. The molecule has 0 spiro atoms. The Balaban J connectivity index is 1.64. The lowest BCUT2D eigenvalue weighted by Crippen LogP contribution is -2.32. The fourth-order valence-electron chi connectivity index (χ4n) is 3.01. The molecule has 11 heteroatoms. The van der Waals surface area contributed by atoms with E-state index in [9.17, 15) is 26.0 Å². The van der Waals surface area contributed by atoms with Crippen molar-refractivity contribution in [2.75, 3.05) is 13.1 Å². The molecule has 1 saturated heterocycles. The maximum absolute atomic E-state index is 14.2. The van der Waals surface area contributed by atoms with E-state index < -0.39 is 39.4 Å². The van der Waals surface area contributed by atoms with Gasteiger partial charge in [-0.2, -0.15) is 26.9 Å². The monoisotopic (exact) mass is 433 g/mol. The Bertz CT molecular complexity index is 965. The van der Waals surface area contributed by atoms with Crippen molar-refractivity contribution in [3.8, 4) is 5.88 Å². The smallest absolute Gasteiger partial charge is 0.416 e. The summed E-state index contributed by atoms with van der Waals surface area (Å²) in [5.74, 6) is -1.32. The Morgan fingerprint density at radius 2 is 1.90 bits per heavy atom. The fraction of sp³-hybridized carbons (Fsp3) is 0.444. The summed E-state index contributed by atoms with van der Waals surface area (Å²) in [6.07, 6.45) is -3.16. The van der Waals surface area contributed by atoms with E-state index in [4.69, 9.17) is 4.74 Å². The highest BCUT2D eigenvalue weighted by atomic mass is 32.2. The van der Waals surface area contributed by atoms with Crippen LogP contribution in [0.5, 0.6) is 5.88 Å². The summed E-state index contributed by atoms with van der Waals surface area (Å²) >= 11 is 0. The van der Waals surface area contributed by atoms with Gasteiger partial charge in [0.25, 0.3) is 5.88 Å². The molecule has 2 heterocycles. The Morgan fingerprint density at radius 3 is 2.52 bits per heavy atom. The molecule has 1 aliphatic heterocycles. The quantitative estimate of drug-likeness (QED) is 0.655. The maximum Gasteiger partial charge on any atom is 0.416 e. The first-order chi connectivity index (χ1) is 13.6. The zero-order valence-electron chi connectivity index (χ0n) is 15.5. The topological polar surface area (TPSA) is 72.4 Å². The van der Waals surface area contributed by atoms with Crippen molar-refractivity contribution in [2.45, 2.75) is 37.8 Å². The maximum atomic E-state index is 14.2. The standard InChI is InChI=1S/C18H19F4N3O3S/c1-2-15-16(19)17(24-11-23-15)28-14-7-8-25(9-14)29(26,27)10-12-3-5-13(6-4-12)18(20,21)22/h3-6,11,14H,2,7-10H2,1H3/t14-/m1/s1. The minimum absolute atomic E-state index is 0.00781. The molecule has 3 rings (SSSR count). The van der Waals surface area contributed by atoms with Gasteiger partial charge in [0.1, 0.15) is 12.4 Å². The first-order valence-corrected chi connectivity index (χ1v) is 10.5. The number of sulfonamides is 1. The van der Waals surface area contributed by atoms with Gasteiger partial charge in [0.15, 0.2) is 0 Å². The molecule has 0 saturated carbocycles. The molecule has 158 valence electrons. The molecule has 6 nitrogen and oxygen atoms in total. The van der Waals surface area contributed by atoms with E-state index in [-0.39, 0.29) is 30.2 Å². The van der Waals surface area contributed by atoms with Crippen molar-refractivity contribution in [3.05, 3.63) is 53.2 Å². The van der Waals surface area contributed by atoms with Crippen LogP contribution >= 0.6 is 0 Å². The molecule has 1 aliphatic rings. The normalized spacial score (nSPS) is 18.2. The second-order valence-electron chi connectivity index (χ2n) is 6.63. The second-order valence-corrected chi connectivity index (χ2v) is 8.60. The fourth-order valence-corrected chi connectivity index (χ4v) is 4.59. The van der Waals surface area contributed by atoms with Crippen LogP contribution in [-0.4, -0.2) is 41.9 Å². The molecule has 29 heavy (non-hydrogen) atoms. The van der Waals surface area contributed by atoms with Crippen LogP contribution in [-0.2, 0) is 28.4 Å². The molecule has 0 bridgehead atoms. The molecular weight excluding hydrogens is 414 g/mol. The molecule has 0 unspecified atom stereocenters. The highest BCUT2D eigenvalue weighted by molar-refractivity contribution is 7.88. The third-order valence-corrected chi connectivity index (χ3v) is 6.39. The van der Waals surface area contributed by atoms with Gasteiger partial charge < -0.3 is 4.74 Å². The van der Waals surface area contributed by atoms with Crippen LogP contribution in [0.3, 0.4) is 0 Å². The van der Waals surface area contributed by atoms with E-state index in [1.54, 1.807) is 6.92 Å². The van der Waals surface area contributed by atoms with Crippen LogP contribution in [0.15, 0.2) is 30.6 Å². The minimum atomic E-state index is -4.48. The van der Waals surface area contributed by atoms with Gasteiger partial charge in [-0.1, -0.05) is 19.1 Å². The molecule has 0 aliphatic carbocycles. The van der Waals surface area contributed by atoms with Crippen molar-refractivity contribution in [1.29, 1.82) is 0 Å². The number of hydrogen-bond acceptors (Lipinski definition) is 5. The molecule has 1 aromatic carbocycles. The minimum Gasteiger partial charge on any atom is -0.471 e. The summed E-state index contributed by atoms with van der Waals surface area (Å²) in [6.45, 7) is 1.91. The number of aryl methyl sites for hydroxylation is 1. The largest absolute Gasteiger partial charge is 0.471 e. The third kappa shape index (κ3) is 5.02. The number of benzene rings is 1. The number of aromatic nitrogens is 2. The molecule has 1 atom stereocenters. The molecular formula is C18H19F4N3O3S. The van der Waals surface area contributed by atoms with Crippen molar-refractivity contribution in [1.82, 2.24) is 14.3 Å². The average molecular weight is 433 g/mol. The lowest BCUT2D eigenvalue weighted by molar-refractivity contribution is -0.137. The van der Waals surface area contributed by atoms with Gasteiger partial charge in [-0.05, 0) is 30.5 Å². The summed E-state index contributed by atoms with van der Waals surface area (Å²) in [5, 5.41) is 0. The van der Waals surface area contributed by atoms with E-state index in [0.717, 1.165) is 24.3 Å². The second kappa shape index (κ2) is 8.23. The van der Waals surface area contributed by atoms with Crippen LogP contribution in [0.4, 0.5) is 17.6 Å². The molecule has 0 amide bonds. The van der Waals surface area contributed by atoms with Crippen LogP contribution in [0.1, 0.15) is 30.2 Å². The first-order valence-electron chi connectivity index (χ1n) is 8.90. The van der Waals surface area contributed by atoms with Gasteiger partial charge in [0, 0.05) is 6.54 Å². The van der Waals surface area contributed by atoms with E-state index in [1.807, 2.05) is 0 Å². The highest BCUT2D eigenvalue weighted by Gasteiger charge is 2.34. The van der Waals surface area contributed by atoms with Crippen molar-refractivity contribution >= 4 is 10.0 Å². The van der Waals surface area contributed by atoms with E-state index in [0.29, 0.717) is 12.8 Å². The number of hydrogen-bond donors (Lipinski definition) is 0. The van der Waals surface area contributed by atoms with Crippen molar-refractivity contribution < 1.29 is 30.7 Å². The van der Waals surface area contributed by atoms with E-state index in [1.165, 1.54) is 10.6 Å². The summed E-state index contributed by atoms with van der Waals surface area (Å²) in [4.78, 5) is 7.58. The van der Waals surface area contributed by atoms with Gasteiger partial charge in [-0.25, -0.2) is 13.4 Å². The molecule has 1 fully saturated rings. The van der Waals surface area contributed by atoms with Gasteiger partial charge in [0.05, 0.1) is 23.6 Å². The van der Waals surface area contributed by atoms with Crippen molar-refractivity contribution in [2.24, 2.45) is 0 Å². The first kappa shape index (κ1) is 21.4. The number of halogens is 4. The zero-order chi connectivity index (χ0) is 21.2. The Hall–Kier alpha value is -2.27. The van der Waals surface area contributed by atoms with E-state index >= 15 is 0 Å². The SMILES string of the molecule is CCc1ncnc(O[C@@H]2CCN(S(=O)(=O)Cc3ccc(C(F)(F)F)cc3)C2)c1F. The number of ether oxygens (including phenoxy) is 1. The Labute approximate surface area is 165 Å². The highest BCUT2D eigenvalue weighted by Crippen LogP contribution is 2.30. The molecule has 2 aromatic rings. The molecule has 0 radical (unpaired) electrons. The van der Waals surface area contributed by atoms with E-state index in [2.05, 4.69) is 9.97 Å². The van der Waals surface area contributed by atoms with Crippen LogP contribution in [0, 0.1) is 5.82 Å². The number of nitrogens with zero attached hydrogens (tertiary/aromatic N) is 3. The van der Waals surface area contributed by atoms with Crippen molar-refractivity contribution in [3.63, 3.8) is 0 Å². The summed E-state index contributed by atoms with van der Waals surface area (Å²) < 4.78 is 84.0. The lowest BCUT2D eigenvalue weighted by atomic mass is 10.1. The van der Waals surface area contributed by atoms with Crippen LogP contribution < -0.4 is 4.74 Å². The predicted octanol–water partition coefficient (Wildman–Crippen LogP) is 3.18. The summed E-state index contributed by atoms with van der Waals surface area (Å²) in [6, 6.07) is 3.99. The molecule has 1 aromatic heterocycles. The van der Waals surface area contributed by atoms with Crippen LogP contribution in [0.2, 0.25) is 0 Å². The Morgan fingerprint density at radius 1 is 1.21 bits per heavy atom. The average Bonchev–Trinajstić information content (AvgIpc) is 3.12. The van der Waals surface area contributed by atoms with Gasteiger partial charge in [0.2, 0.25) is 15.8 Å². The van der Waals surface area contributed by atoms with Gasteiger partial charge >= 0.3 is 6.18 Å². The van der Waals surface area contributed by atoms with Crippen LogP contribution in [0.25, 0.3) is 0 Å².